The molecule has 0 bridgehead atoms. The van der Waals surface area contributed by atoms with Crippen LogP contribution in [0.3, 0.4) is 0 Å². The normalized spacial score (nSPS) is 11.2. The molecule has 0 unspecified atom stereocenters. The monoisotopic (exact) mass is 288 g/mol. The van der Waals surface area contributed by atoms with Crippen molar-refractivity contribution in [1.82, 2.24) is 0 Å². The molecule has 0 spiro atoms. The van der Waals surface area contributed by atoms with Gasteiger partial charge in [0, 0.05) is 12.3 Å². The molecule has 1 amide bonds. The van der Waals surface area contributed by atoms with Crippen molar-refractivity contribution in [3.05, 3.63) is 35.4 Å². The minimum absolute atomic E-state index is 0.0498. The van der Waals surface area contributed by atoms with Crippen LogP contribution >= 0.6 is 0 Å². The summed E-state index contributed by atoms with van der Waals surface area (Å²) in [6, 6.07) is 7.05. The standard InChI is InChI=1S/C16H20N2O3/c1-16(2,3)21-15(20)18-14-8-7-13(11-17)12(10-14)6-4-5-9-19/h4,6-8,10,19H,5,9H2,1-3H3,(H,18,20)/b6-4+. The fourth-order valence-electron chi connectivity index (χ4n) is 1.59. The lowest BCUT2D eigenvalue weighted by Gasteiger charge is -2.19. The lowest BCUT2D eigenvalue weighted by Crippen LogP contribution is -2.27. The van der Waals surface area contributed by atoms with E-state index in [0.717, 1.165) is 0 Å². The average Bonchev–Trinajstić information content (AvgIpc) is 2.37. The van der Waals surface area contributed by atoms with Crippen molar-refractivity contribution in [2.24, 2.45) is 0 Å². The van der Waals surface area contributed by atoms with Crippen LogP contribution in [0.4, 0.5) is 10.5 Å². The number of nitriles is 1. The predicted octanol–water partition coefficient (Wildman–Crippen LogP) is 3.30. The molecule has 0 aliphatic rings. The molecule has 2 N–H and O–H groups in total. The topological polar surface area (TPSA) is 82.3 Å². The molecule has 5 nitrogen and oxygen atoms in total. The number of benzene rings is 1. The van der Waals surface area contributed by atoms with Gasteiger partial charge in [0.1, 0.15) is 5.60 Å². The molecule has 0 radical (unpaired) electrons. The molecule has 0 aromatic heterocycles. The Kier molecular flexibility index (Phi) is 5.94. The van der Waals surface area contributed by atoms with E-state index in [2.05, 4.69) is 11.4 Å². The maximum atomic E-state index is 11.7. The number of nitrogens with zero attached hydrogens (tertiary/aromatic N) is 1. The van der Waals surface area contributed by atoms with Crippen LogP contribution in [-0.2, 0) is 4.74 Å². The fourth-order valence-corrected chi connectivity index (χ4v) is 1.59. The molecule has 0 fully saturated rings. The zero-order valence-corrected chi connectivity index (χ0v) is 12.5. The molecule has 1 rings (SSSR count). The maximum Gasteiger partial charge on any atom is 0.412 e. The Morgan fingerprint density at radius 1 is 1.48 bits per heavy atom. The van der Waals surface area contributed by atoms with Crippen LogP contribution in [0, 0.1) is 11.3 Å². The van der Waals surface area contributed by atoms with Gasteiger partial charge in [-0.2, -0.15) is 5.26 Å². The summed E-state index contributed by atoms with van der Waals surface area (Å²) in [5, 5.41) is 20.4. The van der Waals surface area contributed by atoms with Crippen molar-refractivity contribution < 1.29 is 14.6 Å². The Balaban J connectivity index is 2.88. The Morgan fingerprint density at radius 2 is 2.19 bits per heavy atom. The van der Waals surface area contributed by atoms with Gasteiger partial charge in [-0.25, -0.2) is 4.79 Å². The summed E-state index contributed by atoms with van der Waals surface area (Å²) in [4.78, 5) is 11.7. The van der Waals surface area contributed by atoms with Crippen molar-refractivity contribution in [2.75, 3.05) is 11.9 Å². The Morgan fingerprint density at radius 3 is 2.76 bits per heavy atom. The lowest BCUT2D eigenvalue weighted by atomic mass is 10.1. The third kappa shape index (κ3) is 6.11. The van der Waals surface area contributed by atoms with E-state index in [9.17, 15) is 4.79 Å². The van der Waals surface area contributed by atoms with Crippen LogP contribution in [0.25, 0.3) is 6.08 Å². The Hall–Kier alpha value is -2.32. The van der Waals surface area contributed by atoms with Crippen molar-refractivity contribution in [3.63, 3.8) is 0 Å². The first-order chi connectivity index (χ1) is 9.85. The highest BCUT2D eigenvalue weighted by molar-refractivity contribution is 5.85. The number of carbonyl (C=O) groups is 1. The molecular weight excluding hydrogens is 268 g/mol. The quantitative estimate of drug-likeness (QED) is 0.890. The van der Waals surface area contributed by atoms with Crippen LogP contribution in [0.5, 0.6) is 0 Å². The predicted molar refractivity (Wildman–Crippen MR) is 81.8 cm³/mol. The second-order valence-electron chi connectivity index (χ2n) is 5.46. The molecule has 0 heterocycles. The molecule has 0 aliphatic heterocycles. The van der Waals surface area contributed by atoms with E-state index in [1.165, 1.54) is 0 Å². The molecule has 1 aromatic carbocycles. The first-order valence-electron chi connectivity index (χ1n) is 6.67. The van der Waals surface area contributed by atoms with Gasteiger partial charge in [0.2, 0.25) is 0 Å². The van der Waals surface area contributed by atoms with Gasteiger partial charge in [0.15, 0.2) is 0 Å². The van der Waals surface area contributed by atoms with Gasteiger partial charge in [-0.3, -0.25) is 5.32 Å². The summed E-state index contributed by atoms with van der Waals surface area (Å²) in [5.74, 6) is 0. The first-order valence-corrected chi connectivity index (χ1v) is 6.67. The summed E-state index contributed by atoms with van der Waals surface area (Å²) in [6.45, 7) is 5.41. The summed E-state index contributed by atoms with van der Waals surface area (Å²) < 4.78 is 5.17. The first kappa shape index (κ1) is 16.7. The smallest absolute Gasteiger partial charge is 0.412 e. The highest BCUT2D eigenvalue weighted by Crippen LogP contribution is 2.18. The summed E-state index contributed by atoms with van der Waals surface area (Å²) in [5.41, 5.74) is 1.16. The van der Waals surface area contributed by atoms with Gasteiger partial charge in [-0.1, -0.05) is 12.2 Å². The van der Waals surface area contributed by atoms with Gasteiger partial charge < -0.3 is 9.84 Å². The van der Waals surface area contributed by atoms with Crippen molar-refractivity contribution in [3.8, 4) is 6.07 Å². The number of aliphatic hydroxyl groups excluding tert-OH is 1. The van der Waals surface area contributed by atoms with E-state index in [-0.39, 0.29) is 6.61 Å². The summed E-state index contributed by atoms with van der Waals surface area (Å²) >= 11 is 0. The fraction of sp³-hybridized carbons (Fsp3) is 0.375. The molecule has 0 saturated heterocycles. The number of nitrogens with one attached hydrogen (secondary N) is 1. The van der Waals surface area contributed by atoms with E-state index < -0.39 is 11.7 Å². The molecule has 1 aromatic rings. The van der Waals surface area contributed by atoms with Crippen LogP contribution < -0.4 is 5.32 Å². The summed E-state index contributed by atoms with van der Waals surface area (Å²) in [6.07, 6.45) is 3.48. The van der Waals surface area contributed by atoms with Gasteiger partial charge in [-0.15, -0.1) is 0 Å². The van der Waals surface area contributed by atoms with Crippen molar-refractivity contribution in [2.45, 2.75) is 32.8 Å². The zero-order valence-electron chi connectivity index (χ0n) is 12.5. The van der Waals surface area contributed by atoms with Crippen molar-refractivity contribution >= 4 is 17.9 Å². The number of amides is 1. The van der Waals surface area contributed by atoms with Crippen LogP contribution in [-0.4, -0.2) is 23.4 Å². The number of carbonyl (C=O) groups excluding carboxylic acids is 1. The molecule has 112 valence electrons. The maximum absolute atomic E-state index is 11.7. The van der Waals surface area contributed by atoms with Gasteiger partial charge in [0.25, 0.3) is 0 Å². The highest BCUT2D eigenvalue weighted by atomic mass is 16.6. The van der Waals surface area contributed by atoms with Crippen LogP contribution in [0.2, 0.25) is 0 Å². The molecular formula is C16H20N2O3. The van der Waals surface area contributed by atoms with Crippen LogP contribution in [0.1, 0.15) is 38.3 Å². The van der Waals surface area contributed by atoms with E-state index >= 15 is 0 Å². The number of hydrogen-bond donors (Lipinski definition) is 2. The largest absolute Gasteiger partial charge is 0.444 e. The average molecular weight is 288 g/mol. The third-order valence-electron chi connectivity index (χ3n) is 2.41. The highest BCUT2D eigenvalue weighted by Gasteiger charge is 2.16. The lowest BCUT2D eigenvalue weighted by molar-refractivity contribution is 0.0636. The Labute approximate surface area is 124 Å². The van der Waals surface area contributed by atoms with E-state index in [4.69, 9.17) is 15.1 Å². The second-order valence-corrected chi connectivity index (χ2v) is 5.46. The number of rotatable bonds is 4. The summed E-state index contributed by atoms with van der Waals surface area (Å²) in [7, 11) is 0. The molecule has 5 heteroatoms. The van der Waals surface area contributed by atoms with E-state index in [1.54, 1.807) is 51.1 Å². The number of aliphatic hydroxyl groups is 1. The number of ether oxygens (including phenoxy) is 1. The van der Waals surface area contributed by atoms with Crippen molar-refractivity contribution in [1.29, 1.82) is 5.26 Å². The minimum Gasteiger partial charge on any atom is -0.444 e. The number of hydrogen-bond acceptors (Lipinski definition) is 4. The van der Waals surface area contributed by atoms with E-state index in [0.29, 0.717) is 23.2 Å². The Bertz CT molecular complexity index is 566. The molecule has 0 atom stereocenters. The van der Waals surface area contributed by atoms with Gasteiger partial charge in [0.05, 0.1) is 11.6 Å². The third-order valence-corrected chi connectivity index (χ3v) is 2.41. The van der Waals surface area contributed by atoms with Gasteiger partial charge >= 0.3 is 6.09 Å². The zero-order chi connectivity index (χ0) is 15.9. The molecule has 0 saturated carbocycles. The molecule has 0 aliphatic carbocycles. The van der Waals surface area contributed by atoms with Crippen LogP contribution in [0.15, 0.2) is 24.3 Å². The minimum atomic E-state index is -0.569. The van der Waals surface area contributed by atoms with E-state index in [1.807, 2.05) is 0 Å². The van der Waals surface area contributed by atoms with Gasteiger partial charge in [-0.05, 0) is 51.0 Å². The SMILES string of the molecule is CC(C)(C)OC(=O)Nc1ccc(C#N)c(/C=C/CCO)c1. The second kappa shape index (κ2) is 7.46. The molecule has 21 heavy (non-hydrogen) atoms. The number of anilines is 1.